The molecule has 0 aromatic carbocycles. The van der Waals surface area contributed by atoms with Gasteiger partial charge >= 0.3 is 0 Å². The maximum atomic E-state index is 12.9. The number of piperidine rings is 1. The van der Waals surface area contributed by atoms with E-state index < -0.39 is 0 Å². The average molecular weight is 417 g/mol. The van der Waals surface area contributed by atoms with Gasteiger partial charge in [0.1, 0.15) is 11.5 Å². The molecule has 1 aliphatic carbocycles. The Morgan fingerprint density at radius 1 is 1.21 bits per heavy atom. The second kappa shape index (κ2) is 6.93. The van der Waals surface area contributed by atoms with Gasteiger partial charge in [0, 0.05) is 36.4 Å². The number of nitrogens with one attached hydrogen (secondary N) is 1. The number of aromatic nitrogens is 2. The van der Waals surface area contributed by atoms with Crippen LogP contribution in [0, 0.1) is 23.7 Å². The molecule has 2 aromatic heterocycles. The van der Waals surface area contributed by atoms with Gasteiger partial charge in [0.05, 0.1) is 5.01 Å². The summed E-state index contributed by atoms with van der Waals surface area (Å²) in [6.45, 7) is 12.0. The van der Waals surface area contributed by atoms with Gasteiger partial charge in [0.2, 0.25) is 5.91 Å². The van der Waals surface area contributed by atoms with Crippen LogP contribution >= 0.6 is 11.3 Å². The summed E-state index contributed by atoms with van der Waals surface area (Å²) in [7, 11) is 0. The largest absolute Gasteiger partial charge is 0.360 e. The van der Waals surface area contributed by atoms with Crippen molar-refractivity contribution in [2.24, 2.45) is 16.7 Å². The minimum atomic E-state index is -0.286. The van der Waals surface area contributed by atoms with Crippen LogP contribution in [-0.4, -0.2) is 39.9 Å². The van der Waals surface area contributed by atoms with E-state index in [-0.39, 0.29) is 22.7 Å². The molecule has 156 valence electrons. The van der Waals surface area contributed by atoms with Crippen molar-refractivity contribution in [3.05, 3.63) is 27.9 Å². The van der Waals surface area contributed by atoms with Crippen molar-refractivity contribution < 1.29 is 14.1 Å². The van der Waals surface area contributed by atoms with E-state index in [4.69, 9.17) is 4.52 Å². The zero-order valence-corrected chi connectivity index (χ0v) is 18.4. The van der Waals surface area contributed by atoms with Gasteiger partial charge in [0.25, 0.3) is 5.91 Å². The molecule has 2 amide bonds. The van der Waals surface area contributed by atoms with Crippen LogP contribution in [0.2, 0.25) is 0 Å². The van der Waals surface area contributed by atoms with Crippen LogP contribution in [0.25, 0.3) is 0 Å². The quantitative estimate of drug-likeness (QED) is 0.811. The first kappa shape index (κ1) is 20.1. The van der Waals surface area contributed by atoms with Crippen LogP contribution in [0.1, 0.15) is 67.7 Å². The Balaban J connectivity index is 1.34. The van der Waals surface area contributed by atoms with Crippen molar-refractivity contribution >= 4 is 29.0 Å². The summed E-state index contributed by atoms with van der Waals surface area (Å²) in [6.07, 6.45) is 1.77. The zero-order chi connectivity index (χ0) is 21.0. The van der Waals surface area contributed by atoms with E-state index in [2.05, 4.69) is 43.2 Å². The first-order valence-corrected chi connectivity index (χ1v) is 11.0. The molecule has 2 aromatic rings. The third-order valence-electron chi connectivity index (χ3n) is 7.05. The lowest BCUT2D eigenvalue weighted by atomic mass is 9.96. The van der Waals surface area contributed by atoms with E-state index in [1.165, 1.54) is 11.3 Å². The number of nitrogens with zero attached hydrogens (tertiary/aromatic N) is 3. The number of anilines is 1. The van der Waals surface area contributed by atoms with Crippen LogP contribution in [0.4, 0.5) is 5.82 Å². The topological polar surface area (TPSA) is 88.3 Å². The van der Waals surface area contributed by atoms with Gasteiger partial charge in [-0.25, -0.2) is 4.98 Å². The lowest BCUT2D eigenvalue weighted by molar-refractivity contribution is -0.134. The molecule has 4 rings (SSSR count). The van der Waals surface area contributed by atoms with Crippen molar-refractivity contribution in [1.82, 2.24) is 15.0 Å². The third-order valence-corrected chi connectivity index (χ3v) is 8.05. The number of carbonyl (C=O) groups excluding carboxylic acids is 2. The van der Waals surface area contributed by atoms with Crippen molar-refractivity contribution in [2.45, 2.75) is 53.4 Å². The van der Waals surface area contributed by atoms with Gasteiger partial charge in [-0.2, -0.15) is 0 Å². The number of rotatable bonds is 4. The van der Waals surface area contributed by atoms with Crippen molar-refractivity contribution in [3.63, 3.8) is 0 Å². The number of amides is 2. The molecule has 2 fully saturated rings. The van der Waals surface area contributed by atoms with Crippen molar-refractivity contribution in [1.29, 1.82) is 0 Å². The molecule has 0 spiro atoms. The summed E-state index contributed by atoms with van der Waals surface area (Å²) in [4.78, 5) is 31.9. The molecule has 2 aliphatic rings. The molecule has 3 heterocycles. The van der Waals surface area contributed by atoms with E-state index in [1.807, 2.05) is 4.90 Å². The van der Waals surface area contributed by atoms with Gasteiger partial charge in [-0.05, 0) is 30.6 Å². The first-order valence-electron chi connectivity index (χ1n) is 10.1. The van der Waals surface area contributed by atoms with E-state index >= 15 is 0 Å². The van der Waals surface area contributed by atoms with E-state index in [9.17, 15) is 9.59 Å². The van der Waals surface area contributed by atoms with Crippen LogP contribution < -0.4 is 5.32 Å². The lowest BCUT2D eigenvalue weighted by Crippen LogP contribution is -2.39. The molecule has 29 heavy (non-hydrogen) atoms. The fourth-order valence-corrected chi connectivity index (χ4v) is 5.50. The smallest absolute Gasteiger partial charge is 0.276 e. The Morgan fingerprint density at radius 2 is 1.86 bits per heavy atom. The third kappa shape index (κ3) is 3.47. The fourth-order valence-electron chi connectivity index (χ4n) is 4.53. The van der Waals surface area contributed by atoms with Crippen molar-refractivity contribution in [3.8, 4) is 0 Å². The zero-order valence-electron chi connectivity index (χ0n) is 17.6. The number of likely N-dealkylation sites (tertiary alicyclic amines) is 1. The molecule has 1 N–H and O–H groups in total. The van der Waals surface area contributed by atoms with Gasteiger partial charge in [-0.1, -0.05) is 32.9 Å². The van der Waals surface area contributed by atoms with E-state index in [0.717, 1.165) is 30.9 Å². The van der Waals surface area contributed by atoms with Crippen molar-refractivity contribution in [2.75, 3.05) is 18.4 Å². The highest BCUT2D eigenvalue weighted by Gasteiger charge is 2.68. The number of hydrogen-bond acceptors (Lipinski definition) is 6. The highest BCUT2D eigenvalue weighted by molar-refractivity contribution is 7.10. The molecule has 0 bridgehead atoms. The maximum Gasteiger partial charge on any atom is 0.276 e. The summed E-state index contributed by atoms with van der Waals surface area (Å²) >= 11 is 1.51. The molecule has 7 nitrogen and oxygen atoms in total. The van der Waals surface area contributed by atoms with Crippen LogP contribution in [-0.2, 0) is 4.79 Å². The van der Waals surface area contributed by atoms with Crippen LogP contribution in [0.15, 0.2) is 16.0 Å². The minimum absolute atomic E-state index is 0.0703. The molecular weight excluding hydrogens is 388 g/mol. The second-order valence-electron chi connectivity index (χ2n) is 9.32. The van der Waals surface area contributed by atoms with Gasteiger partial charge < -0.3 is 14.7 Å². The number of hydrogen-bond donors (Lipinski definition) is 1. The van der Waals surface area contributed by atoms with Gasteiger partial charge in [-0.15, -0.1) is 11.3 Å². The normalized spacial score (nSPS) is 21.2. The number of carbonyl (C=O) groups is 2. The molecular formula is C21H28N4O3S. The Kier molecular flexibility index (Phi) is 4.80. The first-order chi connectivity index (χ1) is 13.6. The monoisotopic (exact) mass is 416 g/mol. The molecule has 0 atom stereocenters. The number of aryl methyl sites for hydroxylation is 1. The molecule has 0 radical (unpaired) electrons. The standard InChI is InChI=1S/C21H28N4O3S/c1-12-10-15(24-28-12)23-17(26)14-11-29-18(22-14)13-6-8-25(9-7-13)19(27)16-20(2,3)21(16,4)5/h10-11,13,16H,6-9H2,1-5H3,(H,23,24,26). The SMILES string of the molecule is Cc1cc(NC(=O)c2csc(C3CCN(C(=O)C4C(C)(C)C4(C)C)CC3)n2)no1. The molecule has 1 saturated carbocycles. The lowest BCUT2D eigenvalue weighted by Gasteiger charge is -2.31. The second-order valence-corrected chi connectivity index (χ2v) is 10.2. The Morgan fingerprint density at radius 3 is 2.41 bits per heavy atom. The molecule has 1 saturated heterocycles. The predicted octanol–water partition coefficient (Wildman–Crippen LogP) is 4.08. The fraction of sp³-hybridized carbons (Fsp3) is 0.619. The predicted molar refractivity (Wildman–Crippen MR) is 111 cm³/mol. The highest BCUT2D eigenvalue weighted by atomic mass is 32.1. The Hall–Kier alpha value is -2.22. The maximum absolute atomic E-state index is 12.9. The van der Waals surface area contributed by atoms with Gasteiger partial charge in [-0.3, -0.25) is 9.59 Å². The average Bonchev–Trinajstić information content (AvgIpc) is 3.13. The Labute approximate surface area is 174 Å². The minimum Gasteiger partial charge on any atom is -0.360 e. The summed E-state index contributed by atoms with van der Waals surface area (Å²) in [5.74, 6) is 1.44. The summed E-state index contributed by atoms with van der Waals surface area (Å²) in [6, 6.07) is 1.67. The van der Waals surface area contributed by atoms with Gasteiger partial charge in [0.15, 0.2) is 5.82 Å². The summed E-state index contributed by atoms with van der Waals surface area (Å²) < 4.78 is 4.96. The summed E-state index contributed by atoms with van der Waals surface area (Å²) in [5.41, 5.74) is 0.535. The molecule has 0 unspecified atom stereocenters. The highest BCUT2D eigenvalue weighted by Crippen LogP contribution is 2.68. The Bertz CT molecular complexity index is 923. The number of thiazole rings is 1. The molecule has 8 heteroatoms. The van der Waals surface area contributed by atoms with Crippen LogP contribution in [0.5, 0.6) is 0 Å². The van der Waals surface area contributed by atoms with Crippen LogP contribution in [0.3, 0.4) is 0 Å². The molecule has 1 aliphatic heterocycles. The van der Waals surface area contributed by atoms with E-state index in [0.29, 0.717) is 29.1 Å². The van der Waals surface area contributed by atoms with E-state index in [1.54, 1.807) is 18.4 Å². The summed E-state index contributed by atoms with van der Waals surface area (Å²) in [5, 5.41) is 9.22.